The molecular formula is C23H23NO. The third kappa shape index (κ3) is 5.07. The molecule has 0 aromatic heterocycles. The summed E-state index contributed by atoms with van der Waals surface area (Å²) in [6.07, 6.45) is 4.38. The molecule has 0 spiro atoms. The standard InChI is InChI=1S/C23H23NO/c1-25-22-15-12-20(13-16-22)18-24-23(21-10-6-3-7-11-21)17-14-19-8-4-2-5-9-19/h2-17,23-24H,18H2,1H3/b17-14+. The highest BCUT2D eigenvalue weighted by atomic mass is 16.5. The van der Waals surface area contributed by atoms with Crippen molar-refractivity contribution in [1.82, 2.24) is 5.32 Å². The second kappa shape index (κ2) is 8.86. The average molecular weight is 329 g/mol. The van der Waals surface area contributed by atoms with E-state index >= 15 is 0 Å². The van der Waals surface area contributed by atoms with Crippen LogP contribution in [0.3, 0.4) is 0 Å². The Morgan fingerprint density at radius 2 is 1.48 bits per heavy atom. The lowest BCUT2D eigenvalue weighted by Crippen LogP contribution is -2.19. The molecule has 0 radical (unpaired) electrons. The number of ether oxygens (including phenoxy) is 1. The average Bonchev–Trinajstić information content (AvgIpc) is 2.70. The van der Waals surface area contributed by atoms with Gasteiger partial charge in [-0.1, -0.05) is 84.9 Å². The van der Waals surface area contributed by atoms with Crippen LogP contribution in [0.1, 0.15) is 22.7 Å². The van der Waals surface area contributed by atoms with Gasteiger partial charge in [-0.25, -0.2) is 0 Å². The van der Waals surface area contributed by atoms with Crippen LogP contribution in [0.4, 0.5) is 0 Å². The summed E-state index contributed by atoms with van der Waals surface area (Å²) in [5.41, 5.74) is 3.69. The molecule has 2 nitrogen and oxygen atoms in total. The molecule has 1 atom stereocenters. The minimum atomic E-state index is 0.156. The number of hydrogen-bond acceptors (Lipinski definition) is 2. The Morgan fingerprint density at radius 3 is 2.12 bits per heavy atom. The van der Waals surface area contributed by atoms with Crippen LogP contribution in [-0.4, -0.2) is 7.11 Å². The summed E-state index contributed by atoms with van der Waals surface area (Å²) >= 11 is 0. The zero-order valence-corrected chi connectivity index (χ0v) is 14.4. The van der Waals surface area contributed by atoms with Crippen molar-refractivity contribution in [2.24, 2.45) is 0 Å². The van der Waals surface area contributed by atoms with Crippen LogP contribution in [0.5, 0.6) is 5.75 Å². The highest BCUT2D eigenvalue weighted by Crippen LogP contribution is 2.18. The van der Waals surface area contributed by atoms with Gasteiger partial charge in [-0.05, 0) is 28.8 Å². The van der Waals surface area contributed by atoms with Gasteiger partial charge in [0.2, 0.25) is 0 Å². The molecule has 3 rings (SSSR count). The molecule has 0 saturated heterocycles. The van der Waals surface area contributed by atoms with Gasteiger partial charge in [-0.2, -0.15) is 0 Å². The quantitative estimate of drug-likeness (QED) is 0.640. The van der Waals surface area contributed by atoms with Crippen molar-refractivity contribution in [2.75, 3.05) is 7.11 Å². The molecular weight excluding hydrogens is 306 g/mol. The molecule has 0 aliphatic carbocycles. The summed E-state index contributed by atoms with van der Waals surface area (Å²) in [4.78, 5) is 0. The Morgan fingerprint density at radius 1 is 0.840 bits per heavy atom. The van der Waals surface area contributed by atoms with Crippen molar-refractivity contribution >= 4 is 6.08 Å². The van der Waals surface area contributed by atoms with E-state index in [1.165, 1.54) is 16.7 Å². The molecule has 0 bridgehead atoms. The van der Waals surface area contributed by atoms with Crippen molar-refractivity contribution in [3.8, 4) is 5.75 Å². The Hall–Kier alpha value is -2.84. The molecule has 1 N–H and O–H groups in total. The van der Waals surface area contributed by atoms with E-state index in [0.29, 0.717) is 0 Å². The molecule has 2 heteroatoms. The van der Waals surface area contributed by atoms with Crippen LogP contribution >= 0.6 is 0 Å². The van der Waals surface area contributed by atoms with E-state index in [9.17, 15) is 0 Å². The minimum Gasteiger partial charge on any atom is -0.497 e. The third-order valence-corrected chi connectivity index (χ3v) is 4.12. The molecule has 0 heterocycles. The van der Waals surface area contributed by atoms with Crippen molar-refractivity contribution in [2.45, 2.75) is 12.6 Å². The number of nitrogens with one attached hydrogen (secondary N) is 1. The van der Waals surface area contributed by atoms with E-state index < -0.39 is 0 Å². The van der Waals surface area contributed by atoms with Crippen LogP contribution in [0, 0.1) is 0 Å². The smallest absolute Gasteiger partial charge is 0.118 e. The fraction of sp³-hybridized carbons (Fsp3) is 0.130. The fourth-order valence-corrected chi connectivity index (χ4v) is 2.70. The van der Waals surface area contributed by atoms with E-state index in [0.717, 1.165) is 12.3 Å². The zero-order chi connectivity index (χ0) is 17.3. The minimum absolute atomic E-state index is 0.156. The molecule has 0 saturated carbocycles. The second-order valence-electron chi connectivity index (χ2n) is 5.89. The van der Waals surface area contributed by atoms with Gasteiger partial charge in [-0.3, -0.25) is 0 Å². The molecule has 0 aliphatic heterocycles. The monoisotopic (exact) mass is 329 g/mol. The molecule has 3 aromatic carbocycles. The van der Waals surface area contributed by atoms with Crippen LogP contribution in [-0.2, 0) is 6.54 Å². The second-order valence-corrected chi connectivity index (χ2v) is 5.89. The predicted octanol–water partition coefficient (Wildman–Crippen LogP) is 5.24. The van der Waals surface area contributed by atoms with E-state index in [4.69, 9.17) is 4.74 Å². The highest BCUT2D eigenvalue weighted by Gasteiger charge is 2.07. The van der Waals surface area contributed by atoms with Gasteiger partial charge < -0.3 is 10.1 Å². The first-order chi connectivity index (χ1) is 12.3. The zero-order valence-electron chi connectivity index (χ0n) is 14.4. The number of rotatable bonds is 7. The maximum atomic E-state index is 5.22. The first kappa shape index (κ1) is 17.0. The summed E-state index contributed by atoms with van der Waals surface area (Å²) in [5, 5.41) is 3.63. The van der Waals surface area contributed by atoms with Crippen molar-refractivity contribution in [3.05, 3.63) is 108 Å². The van der Waals surface area contributed by atoms with Crippen molar-refractivity contribution in [1.29, 1.82) is 0 Å². The van der Waals surface area contributed by atoms with Crippen LogP contribution in [0.25, 0.3) is 6.08 Å². The first-order valence-electron chi connectivity index (χ1n) is 8.49. The Labute approximate surface area is 149 Å². The summed E-state index contributed by atoms with van der Waals surface area (Å²) in [6, 6.07) is 29.2. The van der Waals surface area contributed by atoms with Gasteiger partial charge in [0.05, 0.1) is 13.2 Å². The van der Waals surface area contributed by atoms with E-state index in [1.54, 1.807) is 7.11 Å². The lowest BCUT2D eigenvalue weighted by atomic mass is 10.0. The number of benzene rings is 3. The Kier molecular flexibility index (Phi) is 6.02. The highest BCUT2D eigenvalue weighted by molar-refractivity contribution is 5.50. The van der Waals surface area contributed by atoms with Crippen molar-refractivity contribution < 1.29 is 4.74 Å². The van der Waals surface area contributed by atoms with Gasteiger partial charge >= 0.3 is 0 Å². The largest absolute Gasteiger partial charge is 0.497 e. The summed E-state index contributed by atoms with van der Waals surface area (Å²) in [6.45, 7) is 0.794. The van der Waals surface area contributed by atoms with Crippen LogP contribution in [0.2, 0.25) is 0 Å². The fourth-order valence-electron chi connectivity index (χ4n) is 2.70. The Bertz CT molecular complexity index is 779. The first-order valence-corrected chi connectivity index (χ1v) is 8.49. The van der Waals surface area contributed by atoms with Crippen molar-refractivity contribution in [3.63, 3.8) is 0 Å². The summed E-state index contributed by atoms with van der Waals surface area (Å²) in [7, 11) is 1.69. The van der Waals surface area contributed by atoms with Crippen LogP contribution < -0.4 is 10.1 Å². The lowest BCUT2D eigenvalue weighted by Gasteiger charge is -2.16. The maximum absolute atomic E-state index is 5.22. The van der Waals surface area contributed by atoms with E-state index in [-0.39, 0.29) is 6.04 Å². The predicted molar refractivity (Wildman–Crippen MR) is 104 cm³/mol. The molecule has 1 unspecified atom stereocenters. The van der Waals surface area contributed by atoms with Gasteiger partial charge in [0.25, 0.3) is 0 Å². The number of methoxy groups -OCH3 is 1. The van der Waals surface area contributed by atoms with Crippen LogP contribution in [0.15, 0.2) is 91.0 Å². The summed E-state index contributed by atoms with van der Waals surface area (Å²) in [5.74, 6) is 0.882. The van der Waals surface area contributed by atoms with E-state index in [1.807, 2.05) is 24.3 Å². The van der Waals surface area contributed by atoms with Gasteiger partial charge in [-0.15, -0.1) is 0 Å². The molecule has 0 amide bonds. The third-order valence-electron chi connectivity index (χ3n) is 4.12. The molecule has 0 aliphatic rings. The summed E-state index contributed by atoms with van der Waals surface area (Å²) < 4.78 is 5.22. The van der Waals surface area contributed by atoms with Gasteiger partial charge in [0, 0.05) is 6.54 Å². The topological polar surface area (TPSA) is 21.3 Å². The normalized spacial score (nSPS) is 12.2. The lowest BCUT2D eigenvalue weighted by molar-refractivity contribution is 0.414. The maximum Gasteiger partial charge on any atom is 0.118 e. The SMILES string of the molecule is COc1ccc(CNC(/C=C/c2ccccc2)c2ccccc2)cc1. The Balaban J connectivity index is 1.73. The molecule has 0 fully saturated rings. The molecule has 3 aromatic rings. The van der Waals surface area contributed by atoms with Gasteiger partial charge in [0.1, 0.15) is 5.75 Å². The molecule has 126 valence electrons. The molecule has 25 heavy (non-hydrogen) atoms. The number of hydrogen-bond donors (Lipinski definition) is 1. The van der Waals surface area contributed by atoms with E-state index in [2.05, 4.69) is 78.1 Å². The van der Waals surface area contributed by atoms with Gasteiger partial charge in [0.15, 0.2) is 0 Å².